The van der Waals surface area contributed by atoms with Crippen LogP contribution in [-0.2, 0) is 4.79 Å². The van der Waals surface area contributed by atoms with Crippen molar-refractivity contribution in [3.8, 4) is 0 Å². The van der Waals surface area contributed by atoms with Gasteiger partial charge >= 0.3 is 5.97 Å². The molecule has 0 unspecified atom stereocenters. The molecule has 0 aromatic rings. The first kappa shape index (κ1) is 18.3. The van der Waals surface area contributed by atoms with Crippen molar-refractivity contribution in [2.24, 2.45) is 22.7 Å². The Morgan fingerprint density at radius 2 is 2.04 bits per heavy atom. The number of allylic oxidation sites excluding steroid dienone is 2. The number of aliphatic hydroxyl groups excluding tert-OH is 1. The van der Waals surface area contributed by atoms with Crippen LogP contribution in [0.2, 0.25) is 0 Å². The summed E-state index contributed by atoms with van der Waals surface area (Å²) in [5, 5.41) is 18.7. The maximum Gasteiger partial charge on any atom is 0.331 e. The predicted octanol–water partition coefficient (Wildman–Crippen LogP) is 4.57. The Hall–Kier alpha value is -1.09. The van der Waals surface area contributed by atoms with E-state index in [0.29, 0.717) is 11.5 Å². The Morgan fingerprint density at radius 3 is 2.65 bits per heavy atom. The lowest BCUT2D eigenvalue weighted by molar-refractivity contribution is -0.135. The van der Waals surface area contributed by atoms with Crippen LogP contribution >= 0.6 is 0 Å². The van der Waals surface area contributed by atoms with Crippen LogP contribution in [0.5, 0.6) is 0 Å². The standard InChI is InChI=1S/C20H32O3/c1-14(10-13-21)6-8-16-15(18(22)23)7-9-17-19(2,3)11-5-12-20(16,17)4/h7,10,16-17,21H,5-6,8-9,11-13H2,1-4H3,(H,22,23)/b14-10+/t16-,17+,20-/m1/s1. The molecule has 3 heteroatoms. The molecule has 0 spiro atoms. The summed E-state index contributed by atoms with van der Waals surface area (Å²) < 4.78 is 0. The molecule has 0 radical (unpaired) electrons. The largest absolute Gasteiger partial charge is 0.478 e. The number of fused-ring (bicyclic) bond motifs is 1. The second kappa shape index (κ2) is 6.80. The van der Waals surface area contributed by atoms with Crippen molar-refractivity contribution < 1.29 is 15.0 Å². The molecular weight excluding hydrogens is 288 g/mol. The minimum atomic E-state index is -0.748. The van der Waals surface area contributed by atoms with Crippen LogP contribution in [0.3, 0.4) is 0 Å². The fourth-order valence-corrected chi connectivity index (χ4v) is 5.27. The summed E-state index contributed by atoms with van der Waals surface area (Å²) in [6.07, 6.45) is 10.00. The van der Waals surface area contributed by atoms with E-state index in [1.807, 2.05) is 19.1 Å². The van der Waals surface area contributed by atoms with E-state index in [9.17, 15) is 9.90 Å². The van der Waals surface area contributed by atoms with E-state index in [-0.39, 0.29) is 23.4 Å². The van der Waals surface area contributed by atoms with Gasteiger partial charge in [0.2, 0.25) is 0 Å². The van der Waals surface area contributed by atoms with Crippen LogP contribution < -0.4 is 0 Å². The van der Waals surface area contributed by atoms with E-state index >= 15 is 0 Å². The third kappa shape index (κ3) is 3.55. The van der Waals surface area contributed by atoms with Crippen molar-refractivity contribution in [2.75, 3.05) is 6.61 Å². The molecular formula is C20H32O3. The lowest BCUT2D eigenvalue weighted by atomic mass is 9.48. The highest BCUT2D eigenvalue weighted by molar-refractivity contribution is 5.87. The number of carboxylic acids is 1. The molecule has 2 aliphatic carbocycles. The van der Waals surface area contributed by atoms with Crippen LogP contribution in [0.25, 0.3) is 0 Å². The molecule has 3 nitrogen and oxygen atoms in total. The monoisotopic (exact) mass is 320 g/mol. The number of rotatable bonds is 5. The summed E-state index contributed by atoms with van der Waals surface area (Å²) in [5.41, 5.74) is 2.13. The van der Waals surface area contributed by atoms with Gasteiger partial charge in [0, 0.05) is 5.57 Å². The highest BCUT2D eigenvalue weighted by Crippen LogP contribution is 2.60. The first-order chi connectivity index (χ1) is 10.7. The summed E-state index contributed by atoms with van der Waals surface area (Å²) in [4.78, 5) is 11.8. The molecule has 2 N–H and O–H groups in total. The molecule has 0 bridgehead atoms. The molecule has 0 saturated heterocycles. The third-order valence-corrected chi connectivity index (χ3v) is 6.53. The summed E-state index contributed by atoms with van der Waals surface area (Å²) in [5.74, 6) is -0.0822. The fourth-order valence-electron chi connectivity index (χ4n) is 5.27. The van der Waals surface area contributed by atoms with Crippen molar-refractivity contribution in [3.05, 3.63) is 23.3 Å². The maximum atomic E-state index is 11.8. The van der Waals surface area contributed by atoms with Gasteiger partial charge in [-0.25, -0.2) is 4.79 Å². The summed E-state index contributed by atoms with van der Waals surface area (Å²) in [7, 11) is 0. The lowest BCUT2D eigenvalue weighted by Crippen LogP contribution is -2.49. The summed E-state index contributed by atoms with van der Waals surface area (Å²) >= 11 is 0. The Bertz CT molecular complexity index is 515. The van der Waals surface area contributed by atoms with Crippen molar-refractivity contribution in [3.63, 3.8) is 0 Å². The van der Waals surface area contributed by atoms with E-state index in [2.05, 4.69) is 20.8 Å². The number of hydrogen-bond donors (Lipinski definition) is 2. The van der Waals surface area contributed by atoms with Gasteiger partial charge < -0.3 is 10.2 Å². The molecule has 2 aliphatic rings. The first-order valence-electron chi connectivity index (χ1n) is 8.92. The molecule has 0 aliphatic heterocycles. The second-order valence-corrected chi connectivity index (χ2v) is 8.43. The number of carboxylic acid groups (broad SMARTS) is 1. The zero-order valence-corrected chi connectivity index (χ0v) is 15.1. The van der Waals surface area contributed by atoms with Gasteiger partial charge in [-0.3, -0.25) is 0 Å². The quantitative estimate of drug-likeness (QED) is 0.730. The molecule has 1 saturated carbocycles. The predicted molar refractivity (Wildman–Crippen MR) is 93.1 cm³/mol. The van der Waals surface area contributed by atoms with Crippen LogP contribution in [0.15, 0.2) is 23.3 Å². The van der Waals surface area contributed by atoms with Crippen LogP contribution in [0, 0.1) is 22.7 Å². The average molecular weight is 320 g/mol. The molecule has 130 valence electrons. The van der Waals surface area contributed by atoms with Gasteiger partial charge in [0.05, 0.1) is 6.61 Å². The highest BCUT2D eigenvalue weighted by Gasteiger charge is 2.53. The normalized spacial score (nSPS) is 33.8. The second-order valence-electron chi connectivity index (χ2n) is 8.43. The van der Waals surface area contributed by atoms with E-state index in [0.717, 1.165) is 31.3 Å². The number of carbonyl (C=O) groups is 1. The van der Waals surface area contributed by atoms with Gasteiger partial charge in [-0.05, 0) is 61.7 Å². The van der Waals surface area contributed by atoms with E-state index < -0.39 is 5.97 Å². The maximum absolute atomic E-state index is 11.8. The Morgan fingerprint density at radius 1 is 1.35 bits per heavy atom. The summed E-state index contributed by atoms with van der Waals surface area (Å²) in [6, 6.07) is 0. The van der Waals surface area contributed by atoms with E-state index in [1.54, 1.807) is 0 Å². The highest BCUT2D eigenvalue weighted by atomic mass is 16.4. The zero-order valence-electron chi connectivity index (χ0n) is 15.1. The van der Waals surface area contributed by atoms with Crippen LogP contribution in [0.1, 0.15) is 66.2 Å². The first-order valence-corrected chi connectivity index (χ1v) is 8.92. The van der Waals surface area contributed by atoms with Crippen LogP contribution in [-0.4, -0.2) is 22.8 Å². The van der Waals surface area contributed by atoms with Gasteiger partial charge in [-0.1, -0.05) is 44.9 Å². The van der Waals surface area contributed by atoms with Crippen LogP contribution in [0.4, 0.5) is 0 Å². The number of hydrogen-bond acceptors (Lipinski definition) is 2. The van der Waals surface area contributed by atoms with Crippen molar-refractivity contribution in [1.29, 1.82) is 0 Å². The number of aliphatic carboxylic acids is 1. The molecule has 0 aromatic carbocycles. The zero-order chi connectivity index (χ0) is 17.3. The molecule has 3 atom stereocenters. The fraction of sp³-hybridized carbons (Fsp3) is 0.750. The Balaban J connectivity index is 2.32. The SMILES string of the molecule is C/C(=C\CO)CC[C@@H]1C(C(=O)O)=CC[C@H]2C(C)(C)CCC[C@]12C. The molecule has 1 fully saturated rings. The minimum Gasteiger partial charge on any atom is -0.478 e. The van der Waals surface area contributed by atoms with Gasteiger partial charge in [-0.2, -0.15) is 0 Å². The van der Waals surface area contributed by atoms with E-state index in [1.165, 1.54) is 12.8 Å². The van der Waals surface area contributed by atoms with Crippen molar-refractivity contribution >= 4 is 5.97 Å². The molecule has 23 heavy (non-hydrogen) atoms. The third-order valence-electron chi connectivity index (χ3n) is 6.53. The average Bonchev–Trinajstić information content (AvgIpc) is 2.44. The molecule has 0 amide bonds. The molecule has 2 rings (SSSR count). The molecule has 0 aromatic heterocycles. The van der Waals surface area contributed by atoms with Gasteiger partial charge in [0.15, 0.2) is 0 Å². The Labute approximate surface area is 140 Å². The van der Waals surface area contributed by atoms with Crippen molar-refractivity contribution in [2.45, 2.75) is 66.2 Å². The Kier molecular flexibility index (Phi) is 5.40. The van der Waals surface area contributed by atoms with Gasteiger partial charge in [-0.15, -0.1) is 0 Å². The minimum absolute atomic E-state index is 0.0606. The van der Waals surface area contributed by atoms with Gasteiger partial charge in [0.25, 0.3) is 0 Å². The summed E-state index contributed by atoms with van der Waals surface area (Å²) in [6.45, 7) is 9.11. The van der Waals surface area contributed by atoms with Crippen molar-refractivity contribution in [1.82, 2.24) is 0 Å². The number of aliphatic hydroxyl groups is 1. The molecule has 0 heterocycles. The lowest BCUT2D eigenvalue weighted by Gasteiger charge is -2.56. The smallest absolute Gasteiger partial charge is 0.331 e. The van der Waals surface area contributed by atoms with Gasteiger partial charge in [0.1, 0.15) is 0 Å². The van der Waals surface area contributed by atoms with E-state index in [4.69, 9.17) is 5.11 Å². The topological polar surface area (TPSA) is 57.5 Å².